The van der Waals surface area contributed by atoms with E-state index in [0.29, 0.717) is 6.04 Å². The molecule has 1 heterocycles. The van der Waals surface area contributed by atoms with E-state index < -0.39 is 0 Å². The summed E-state index contributed by atoms with van der Waals surface area (Å²) in [5.41, 5.74) is 1.28. The Morgan fingerprint density at radius 2 is 2.33 bits per heavy atom. The van der Waals surface area contributed by atoms with Crippen LogP contribution < -0.4 is 5.32 Å². The Hall–Kier alpha value is -0.500. The van der Waals surface area contributed by atoms with Gasteiger partial charge < -0.3 is 5.32 Å². The zero-order valence-electron chi connectivity index (χ0n) is 7.84. The minimum atomic E-state index is 0.657. The molecule has 68 valence electrons. The molecule has 0 aliphatic heterocycles. The van der Waals surface area contributed by atoms with Crippen LogP contribution in [0.25, 0.3) is 0 Å². The summed E-state index contributed by atoms with van der Waals surface area (Å²) in [7, 11) is 0. The molecule has 0 spiro atoms. The van der Waals surface area contributed by atoms with Gasteiger partial charge in [-0.05, 0) is 24.3 Å². The molecule has 0 saturated carbocycles. The highest BCUT2D eigenvalue weighted by Crippen LogP contribution is 2.15. The Morgan fingerprint density at radius 1 is 1.50 bits per heavy atom. The molecule has 0 radical (unpaired) electrons. The van der Waals surface area contributed by atoms with Gasteiger partial charge in [0.2, 0.25) is 0 Å². The second kappa shape index (κ2) is 5.20. The molecule has 1 unspecified atom stereocenters. The second-order valence-corrected chi connectivity index (χ2v) is 3.83. The van der Waals surface area contributed by atoms with Crippen molar-refractivity contribution in [2.45, 2.75) is 39.2 Å². The highest BCUT2D eigenvalue weighted by Gasteiger charge is 2.03. The average Bonchev–Trinajstić information content (AvgIpc) is 2.56. The maximum Gasteiger partial charge on any atom is 0.0450 e. The zero-order chi connectivity index (χ0) is 8.81. The van der Waals surface area contributed by atoms with Crippen molar-refractivity contribution in [3.8, 4) is 0 Å². The highest BCUT2D eigenvalue weighted by atomic mass is 32.1. The van der Waals surface area contributed by atoms with Crippen molar-refractivity contribution in [2.24, 2.45) is 0 Å². The van der Waals surface area contributed by atoms with Crippen LogP contribution in [0, 0.1) is 0 Å². The summed E-state index contributed by atoms with van der Waals surface area (Å²) in [6, 6.07) is 2.80. The highest BCUT2D eigenvalue weighted by molar-refractivity contribution is 7.08. The molecule has 0 aromatic carbocycles. The standard InChI is InChI=1S/C10H17NS/c1-3-5-9(4-2)11-10-6-7-12-8-10/h6-9,11H,3-5H2,1-2H3. The van der Waals surface area contributed by atoms with Crippen LogP contribution in [0.15, 0.2) is 16.8 Å². The summed E-state index contributed by atoms with van der Waals surface area (Å²) in [4.78, 5) is 0. The first-order chi connectivity index (χ1) is 5.86. The third-order valence-corrected chi connectivity index (χ3v) is 2.71. The molecule has 12 heavy (non-hydrogen) atoms. The van der Waals surface area contributed by atoms with E-state index >= 15 is 0 Å². The molecule has 0 fully saturated rings. The SMILES string of the molecule is CCCC(CC)Nc1ccsc1. The molecule has 0 amide bonds. The van der Waals surface area contributed by atoms with E-state index in [1.807, 2.05) is 0 Å². The van der Waals surface area contributed by atoms with Gasteiger partial charge >= 0.3 is 0 Å². The lowest BCUT2D eigenvalue weighted by molar-refractivity contribution is 0.623. The molecule has 0 saturated heterocycles. The smallest absolute Gasteiger partial charge is 0.0450 e. The quantitative estimate of drug-likeness (QED) is 0.733. The molecule has 1 nitrogen and oxygen atoms in total. The Bertz CT molecular complexity index is 194. The molecular weight excluding hydrogens is 166 g/mol. The van der Waals surface area contributed by atoms with Gasteiger partial charge in [0.15, 0.2) is 0 Å². The molecule has 0 aliphatic carbocycles. The average molecular weight is 183 g/mol. The lowest BCUT2D eigenvalue weighted by Gasteiger charge is -2.15. The molecule has 1 aromatic heterocycles. The van der Waals surface area contributed by atoms with Gasteiger partial charge in [0.25, 0.3) is 0 Å². The van der Waals surface area contributed by atoms with Crippen molar-refractivity contribution >= 4 is 17.0 Å². The monoisotopic (exact) mass is 183 g/mol. The van der Waals surface area contributed by atoms with Crippen LogP contribution in [0.3, 0.4) is 0 Å². The number of hydrogen-bond donors (Lipinski definition) is 1. The summed E-state index contributed by atoms with van der Waals surface area (Å²) in [5, 5.41) is 7.80. The normalized spacial score (nSPS) is 12.8. The van der Waals surface area contributed by atoms with E-state index in [1.165, 1.54) is 24.9 Å². The third-order valence-electron chi connectivity index (χ3n) is 2.02. The van der Waals surface area contributed by atoms with E-state index in [4.69, 9.17) is 0 Å². The fraction of sp³-hybridized carbons (Fsp3) is 0.600. The first-order valence-corrected chi connectivity index (χ1v) is 5.59. The van der Waals surface area contributed by atoms with E-state index in [1.54, 1.807) is 11.3 Å². The van der Waals surface area contributed by atoms with Crippen LogP contribution in [0.1, 0.15) is 33.1 Å². The molecule has 1 N–H and O–H groups in total. The van der Waals surface area contributed by atoms with Crippen molar-refractivity contribution in [3.05, 3.63) is 16.8 Å². The van der Waals surface area contributed by atoms with E-state index in [0.717, 1.165) is 0 Å². The number of hydrogen-bond acceptors (Lipinski definition) is 2. The van der Waals surface area contributed by atoms with Gasteiger partial charge in [0.1, 0.15) is 0 Å². The molecule has 0 bridgehead atoms. The fourth-order valence-electron chi connectivity index (χ4n) is 1.31. The predicted octanol–water partition coefficient (Wildman–Crippen LogP) is 3.74. The maximum absolute atomic E-state index is 3.52. The molecule has 1 atom stereocenters. The molecule has 2 heteroatoms. The molecule has 0 aliphatic rings. The van der Waals surface area contributed by atoms with Crippen LogP contribution in [-0.2, 0) is 0 Å². The van der Waals surface area contributed by atoms with Gasteiger partial charge in [-0.25, -0.2) is 0 Å². The van der Waals surface area contributed by atoms with E-state index in [-0.39, 0.29) is 0 Å². The van der Waals surface area contributed by atoms with Crippen molar-refractivity contribution in [1.29, 1.82) is 0 Å². The topological polar surface area (TPSA) is 12.0 Å². The molecular formula is C10H17NS. The lowest BCUT2D eigenvalue weighted by Crippen LogP contribution is -2.17. The number of rotatable bonds is 5. The Labute approximate surface area is 78.8 Å². The maximum atomic E-state index is 3.52. The summed E-state index contributed by atoms with van der Waals surface area (Å²) in [6.07, 6.45) is 3.74. The van der Waals surface area contributed by atoms with Gasteiger partial charge in [-0.15, -0.1) is 0 Å². The summed E-state index contributed by atoms with van der Waals surface area (Å²) >= 11 is 1.75. The minimum Gasteiger partial charge on any atom is -0.382 e. The van der Waals surface area contributed by atoms with Crippen molar-refractivity contribution in [2.75, 3.05) is 5.32 Å². The summed E-state index contributed by atoms with van der Waals surface area (Å²) < 4.78 is 0. The fourth-order valence-corrected chi connectivity index (χ4v) is 1.91. The van der Waals surface area contributed by atoms with Crippen LogP contribution in [-0.4, -0.2) is 6.04 Å². The summed E-state index contributed by atoms with van der Waals surface area (Å²) in [5.74, 6) is 0. The largest absolute Gasteiger partial charge is 0.382 e. The first kappa shape index (κ1) is 9.59. The van der Waals surface area contributed by atoms with E-state index in [9.17, 15) is 0 Å². The zero-order valence-corrected chi connectivity index (χ0v) is 8.66. The van der Waals surface area contributed by atoms with Crippen LogP contribution in [0.4, 0.5) is 5.69 Å². The van der Waals surface area contributed by atoms with Crippen LogP contribution in [0.2, 0.25) is 0 Å². The first-order valence-electron chi connectivity index (χ1n) is 4.65. The van der Waals surface area contributed by atoms with E-state index in [2.05, 4.69) is 36.0 Å². The molecule has 1 aromatic rings. The van der Waals surface area contributed by atoms with Gasteiger partial charge in [-0.2, -0.15) is 11.3 Å². The van der Waals surface area contributed by atoms with Gasteiger partial charge in [0, 0.05) is 17.1 Å². The molecule has 1 rings (SSSR count). The van der Waals surface area contributed by atoms with Crippen molar-refractivity contribution < 1.29 is 0 Å². The Morgan fingerprint density at radius 3 is 2.83 bits per heavy atom. The van der Waals surface area contributed by atoms with Gasteiger partial charge in [0.05, 0.1) is 0 Å². The Balaban J connectivity index is 2.37. The predicted molar refractivity (Wildman–Crippen MR) is 56.9 cm³/mol. The van der Waals surface area contributed by atoms with Crippen molar-refractivity contribution in [1.82, 2.24) is 0 Å². The number of anilines is 1. The van der Waals surface area contributed by atoms with Gasteiger partial charge in [-0.1, -0.05) is 20.3 Å². The minimum absolute atomic E-state index is 0.657. The third kappa shape index (κ3) is 2.86. The number of thiophene rings is 1. The lowest BCUT2D eigenvalue weighted by atomic mass is 10.1. The number of nitrogens with one attached hydrogen (secondary N) is 1. The Kier molecular flexibility index (Phi) is 4.15. The van der Waals surface area contributed by atoms with Crippen LogP contribution in [0.5, 0.6) is 0 Å². The van der Waals surface area contributed by atoms with Crippen LogP contribution >= 0.6 is 11.3 Å². The van der Waals surface area contributed by atoms with Gasteiger partial charge in [-0.3, -0.25) is 0 Å². The summed E-state index contributed by atoms with van der Waals surface area (Å²) in [6.45, 7) is 4.47. The van der Waals surface area contributed by atoms with Crippen molar-refractivity contribution in [3.63, 3.8) is 0 Å². The second-order valence-electron chi connectivity index (χ2n) is 3.05.